The van der Waals surface area contributed by atoms with Crippen molar-refractivity contribution in [3.63, 3.8) is 0 Å². The highest BCUT2D eigenvalue weighted by atomic mass is 16.5. The summed E-state index contributed by atoms with van der Waals surface area (Å²) in [5.74, 6) is -0.488. The summed E-state index contributed by atoms with van der Waals surface area (Å²) in [6, 6.07) is 0. The van der Waals surface area contributed by atoms with E-state index in [1.807, 2.05) is 0 Å². The van der Waals surface area contributed by atoms with Gasteiger partial charge >= 0.3 is 0 Å². The van der Waals surface area contributed by atoms with Crippen molar-refractivity contribution in [1.29, 1.82) is 0 Å². The number of amides is 2. The average molecular weight is 344 g/mol. The topological polar surface area (TPSA) is 117 Å². The quantitative estimate of drug-likeness (QED) is 0.227. The van der Waals surface area contributed by atoms with E-state index in [4.69, 9.17) is 9.47 Å². The molecule has 0 aliphatic carbocycles. The molecule has 0 aromatic heterocycles. The van der Waals surface area contributed by atoms with Crippen LogP contribution < -0.4 is 10.6 Å². The minimum Gasteiger partial charge on any atom is -0.388 e. The second-order valence-electron chi connectivity index (χ2n) is 4.98. The molecule has 0 saturated heterocycles. The highest BCUT2D eigenvalue weighted by Crippen LogP contribution is 1.97. The molecule has 138 valence electrons. The molecule has 0 aromatic rings. The number of ether oxygens (including phenoxy) is 2. The SMILES string of the molecule is C=CC(=O)NCCCOCC(O)[C@H](O)COCCCNC(=O)C=C. The molecule has 0 rings (SSSR count). The van der Waals surface area contributed by atoms with Crippen LogP contribution in [-0.2, 0) is 19.1 Å². The van der Waals surface area contributed by atoms with Gasteiger partial charge in [0.2, 0.25) is 11.8 Å². The van der Waals surface area contributed by atoms with Gasteiger partial charge in [-0.2, -0.15) is 0 Å². The highest BCUT2D eigenvalue weighted by molar-refractivity contribution is 5.87. The molecule has 24 heavy (non-hydrogen) atoms. The lowest BCUT2D eigenvalue weighted by Crippen LogP contribution is -2.35. The van der Waals surface area contributed by atoms with Crippen LogP contribution in [0.2, 0.25) is 0 Å². The Morgan fingerprint density at radius 1 is 0.875 bits per heavy atom. The van der Waals surface area contributed by atoms with E-state index in [1.165, 1.54) is 12.2 Å². The molecule has 0 fully saturated rings. The van der Waals surface area contributed by atoms with Crippen LogP contribution in [0.4, 0.5) is 0 Å². The van der Waals surface area contributed by atoms with Crippen molar-refractivity contribution >= 4 is 11.8 Å². The smallest absolute Gasteiger partial charge is 0.243 e. The van der Waals surface area contributed by atoms with Crippen LogP contribution in [0.25, 0.3) is 0 Å². The lowest BCUT2D eigenvalue weighted by atomic mass is 10.2. The number of aliphatic hydroxyl groups excluding tert-OH is 2. The van der Waals surface area contributed by atoms with Crippen molar-refractivity contribution in [2.45, 2.75) is 25.0 Å². The van der Waals surface area contributed by atoms with E-state index < -0.39 is 12.2 Å². The first kappa shape index (κ1) is 22.3. The van der Waals surface area contributed by atoms with Crippen molar-refractivity contribution < 1.29 is 29.3 Å². The van der Waals surface area contributed by atoms with Gasteiger partial charge in [-0.05, 0) is 25.0 Å². The summed E-state index contributed by atoms with van der Waals surface area (Å²) in [6.45, 7) is 8.24. The Morgan fingerprint density at radius 3 is 1.58 bits per heavy atom. The number of aliphatic hydroxyl groups is 2. The molecule has 0 saturated carbocycles. The summed E-state index contributed by atoms with van der Waals surface area (Å²) >= 11 is 0. The monoisotopic (exact) mass is 344 g/mol. The van der Waals surface area contributed by atoms with Crippen LogP contribution in [0.5, 0.6) is 0 Å². The molecule has 0 aliphatic rings. The molecule has 0 radical (unpaired) electrons. The van der Waals surface area contributed by atoms with Gasteiger partial charge in [0.1, 0.15) is 12.2 Å². The maximum atomic E-state index is 10.9. The molecule has 4 N–H and O–H groups in total. The Bertz CT molecular complexity index is 353. The molecule has 0 bridgehead atoms. The normalized spacial score (nSPS) is 12.9. The maximum Gasteiger partial charge on any atom is 0.243 e. The fourth-order valence-electron chi connectivity index (χ4n) is 1.55. The summed E-state index contributed by atoms with van der Waals surface area (Å²) in [5, 5.41) is 24.6. The average Bonchev–Trinajstić information content (AvgIpc) is 2.59. The van der Waals surface area contributed by atoms with E-state index in [2.05, 4.69) is 23.8 Å². The predicted octanol–water partition coefficient (Wildman–Crippen LogP) is -0.874. The first-order valence-corrected chi connectivity index (χ1v) is 7.83. The number of nitrogens with one attached hydrogen (secondary N) is 2. The molecule has 8 heteroatoms. The van der Waals surface area contributed by atoms with Crippen LogP contribution in [0.3, 0.4) is 0 Å². The zero-order valence-corrected chi connectivity index (χ0v) is 13.9. The molecule has 1 unspecified atom stereocenters. The lowest BCUT2D eigenvalue weighted by Gasteiger charge is -2.18. The molecule has 0 aromatic carbocycles. The summed E-state index contributed by atoms with van der Waals surface area (Å²) in [7, 11) is 0. The van der Waals surface area contributed by atoms with Gasteiger partial charge in [-0.15, -0.1) is 0 Å². The van der Waals surface area contributed by atoms with E-state index in [0.29, 0.717) is 39.1 Å². The van der Waals surface area contributed by atoms with Gasteiger partial charge in [-0.3, -0.25) is 9.59 Å². The third-order valence-electron chi connectivity index (χ3n) is 2.92. The number of rotatable bonds is 15. The molecule has 8 nitrogen and oxygen atoms in total. The molecule has 2 atom stereocenters. The molecule has 0 spiro atoms. The van der Waals surface area contributed by atoms with Gasteiger partial charge < -0.3 is 30.3 Å². The standard InChI is InChI=1S/C16H28N2O6/c1-3-15(21)17-7-5-9-23-11-13(19)14(20)12-24-10-6-8-18-16(22)4-2/h3-4,13-14,19-20H,1-2,5-12H2,(H,17,21)(H,18,22)/t13-,14?/m1/s1. The number of carbonyl (C=O) groups is 2. The first-order chi connectivity index (χ1) is 11.5. The second kappa shape index (κ2) is 14.8. The lowest BCUT2D eigenvalue weighted by molar-refractivity contribution is -0.117. The number of hydrogen-bond donors (Lipinski definition) is 4. The summed E-state index contributed by atoms with van der Waals surface area (Å²) in [6.07, 6.45) is 1.47. The summed E-state index contributed by atoms with van der Waals surface area (Å²) in [5.41, 5.74) is 0. The Balaban J connectivity index is 3.50. The Kier molecular flexibility index (Phi) is 13.8. The minimum atomic E-state index is -1.05. The van der Waals surface area contributed by atoms with Crippen LogP contribution in [-0.4, -0.2) is 73.8 Å². The zero-order valence-electron chi connectivity index (χ0n) is 13.9. The highest BCUT2D eigenvalue weighted by Gasteiger charge is 2.16. The van der Waals surface area contributed by atoms with Gasteiger partial charge in [0.25, 0.3) is 0 Å². The van der Waals surface area contributed by atoms with Gasteiger partial charge in [0.15, 0.2) is 0 Å². The summed E-state index contributed by atoms with van der Waals surface area (Å²) in [4.78, 5) is 21.8. The maximum absolute atomic E-state index is 10.9. The molecule has 2 amide bonds. The fourth-order valence-corrected chi connectivity index (χ4v) is 1.55. The van der Waals surface area contributed by atoms with Crippen molar-refractivity contribution in [3.05, 3.63) is 25.3 Å². The van der Waals surface area contributed by atoms with Gasteiger partial charge in [0, 0.05) is 26.3 Å². The molecule has 0 heterocycles. The molecular formula is C16H28N2O6. The van der Waals surface area contributed by atoms with Gasteiger partial charge in [0.05, 0.1) is 13.2 Å². The summed E-state index contributed by atoms with van der Waals surface area (Å²) < 4.78 is 10.4. The van der Waals surface area contributed by atoms with Crippen molar-refractivity contribution in [2.75, 3.05) is 39.5 Å². The largest absolute Gasteiger partial charge is 0.388 e. The predicted molar refractivity (Wildman–Crippen MR) is 89.3 cm³/mol. The third-order valence-corrected chi connectivity index (χ3v) is 2.92. The van der Waals surface area contributed by atoms with Gasteiger partial charge in [-0.1, -0.05) is 13.2 Å². The number of carbonyl (C=O) groups excluding carboxylic acids is 2. The van der Waals surface area contributed by atoms with E-state index in [0.717, 1.165) is 0 Å². The van der Waals surface area contributed by atoms with Crippen LogP contribution in [0.1, 0.15) is 12.8 Å². The first-order valence-electron chi connectivity index (χ1n) is 7.83. The van der Waals surface area contributed by atoms with Crippen LogP contribution in [0, 0.1) is 0 Å². The zero-order chi connectivity index (χ0) is 18.2. The van der Waals surface area contributed by atoms with E-state index in [9.17, 15) is 19.8 Å². The third kappa shape index (κ3) is 12.8. The van der Waals surface area contributed by atoms with E-state index >= 15 is 0 Å². The second-order valence-corrected chi connectivity index (χ2v) is 4.98. The van der Waals surface area contributed by atoms with Gasteiger partial charge in [-0.25, -0.2) is 0 Å². The van der Waals surface area contributed by atoms with Crippen molar-refractivity contribution in [1.82, 2.24) is 10.6 Å². The Labute approximate surface area is 142 Å². The van der Waals surface area contributed by atoms with Crippen LogP contribution >= 0.6 is 0 Å². The molecule has 0 aliphatic heterocycles. The Hall–Kier alpha value is -1.74. The van der Waals surface area contributed by atoms with Crippen molar-refractivity contribution in [2.24, 2.45) is 0 Å². The van der Waals surface area contributed by atoms with E-state index in [1.54, 1.807) is 0 Å². The Morgan fingerprint density at radius 2 is 1.25 bits per heavy atom. The molecular weight excluding hydrogens is 316 g/mol. The minimum absolute atomic E-state index is 0.0185. The fraction of sp³-hybridized carbons (Fsp3) is 0.625. The number of hydrogen-bond acceptors (Lipinski definition) is 6. The van der Waals surface area contributed by atoms with Crippen molar-refractivity contribution in [3.8, 4) is 0 Å². The van der Waals surface area contributed by atoms with E-state index in [-0.39, 0.29) is 25.0 Å². The van der Waals surface area contributed by atoms with Crippen LogP contribution in [0.15, 0.2) is 25.3 Å².